The van der Waals surface area contributed by atoms with Gasteiger partial charge in [0.2, 0.25) is 5.91 Å². The van der Waals surface area contributed by atoms with Crippen LogP contribution < -0.4 is 11.1 Å². The summed E-state index contributed by atoms with van der Waals surface area (Å²) in [6.07, 6.45) is 2.68. The number of nitrogens with two attached hydrogens (primary N) is 1. The molecular weight excluding hydrogens is 294 g/mol. The fourth-order valence-electron chi connectivity index (χ4n) is 2.51. The van der Waals surface area contributed by atoms with Crippen LogP contribution in [0.5, 0.6) is 0 Å². The standard InChI is InChI=1S/C17H21N3OS/c1-11-2-4-13(5-3-11)17-19-14(10-22-17)8-16(21)20-15(9-18)12-6-7-12/h2-5,10,12,15H,6-9,18H2,1H3,(H,20,21). The SMILES string of the molecule is Cc1ccc(-c2nc(CC(=O)NC(CN)C3CC3)cs2)cc1. The number of hydrogen-bond donors (Lipinski definition) is 2. The first kappa shape index (κ1) is 15.2. The number of aromatic nitrogens is 1. The minimum Gasteiger partial charge on any atom is -0.351 e. The van der Waals surface area contributed by atoms with Gasteiger partial charge in [0.15, 0.2) is 0 Å². The summed E-state index contributed by atoms with van der Waals surface area (Å²) in [6, 6.07) is 8.41. The van der Waals surface area contributed by atoms with Gasteiger partial charge >= 0.3 is 0 Å². The molecule has 4 nitrogen and oxygen atoms in total. The summed E-state index contributed by atoms with van der Waals surface area (Å²) in [5.74, 6) is 0.593. The van der Waals surface area contributed by atoms with E-state index in [4.69, 9.17) is 5.73 Å². The van der Waals surface area contributed by atoms with Gasteiger partial charge in [0.25, 0.3) is 0 Å². The number of thiazole rings is 1. The minimum atomic E-state index is 0.0168. The van der Waals surface area contributed by atoms with Crippen LogP contribution in [0, 0.1) is 12.8 Å². The molecule has 3 N–H and O–H groups in total. The van der Waals surface area contributed by atoms with E-state index in [9.17, 15) is 4.79 Å². The molecule has 0 radical (unpaired) electrons. The van der Waals surface area contributed by atoms with Gasteiger partial charge < -0.3 is 11.1 Å². The van der Waals surface area contributed by atoms with Crippen LogP contribution in [0.15, 0.2) is 29.6 Å². The highest BCUT2D eigenvalue weighted by atomic mass is 32.1. The average Bonchev–Trinajstić information content (AvgIpc) is 3.25. The molecule has 1 aromatic heterocycles. The third-order valence-corrected chi connectivity index (χ3v) is 4.92. The number of aryl methyl sites for hydroxylation is 1. The number of amides is 1. The summed E-state index contributed by atoms with van der Waals surface area (Å²) in [4.78, 5) is 16.7. The monoisotopic (exact) mass is 315 g/mol. The van der Waals surface area contributed by atoms with Crippen molar-refractivity contribution < 1.29 is 4.79 Å². The molecule has 1 saturated carbocycles. The van der Waals surface area contributed by atoms with E-state index in [2.05, 4.69) is 41.5 Å². The van der Waals surface area contributed by atoms with E-state index in [0.717, 1.165) is 16.3 Å². The van der Waals surface area contributed by atoms with E-state index >= 15 is 0 Å². The summed E-state index contributed by atoms with van der Waals surface area (Å²) in [7, 11) is 0. The van der Waals surface area contributed by atoms with Crippen LogP contribution in [0.3, 0.4) is 0 Å². The molecule has 1 aliphatic rings. The number of nitrogens with one attached hydrogen (secondary N) is 1. The normalized spacial score (nSPS) is 15.5. The zero-order chi connectivity index (χ0) is 15.5. The fourth-order valence-corrected chi connectivity index (χ4v) is 3.33. The van der Waals surface area contributed by atoms with Crippen molar-refractivity contribution in [1.82, 2.24) is 10.3 Å². The summed E-state index contributed by atoms with van der Waals surface area (Å²) in [6.45, 7) is 2.58. The van der Waals surface area contributed by atoms with E-state index in [0.29, 0.717) is 18.9 Å². The number of rotatable bonds is 6. The van der Waals surface area contributed by atoms with E-state index in [-0.39, 0.29) is 11.9 Å². The van der Waals surface area contributed by atoms with Gasteiger partial charge in [-0.2, -0.15) is 0 Å². The lowest BCUT2D eigenvalue weighted by Crippen LogP contribution is -2.42. The largest absolute Gasteiger partial charge is 0.351 e. The van der Waals surface area contributed by atoms with Crippen molar-refractivity contribution in [3.8, 4) is 10.6 Å². The molecule has 1 heterocycles. The molecule has 1 aliphatic carbocycles. The van der Waals surface area contributed by atoms with E-state index in [1.54, 1.807) is 11.3 Å². The second kappa shape index (κ2) is 6.58. The van der Waals surface area contributed by atoms with Gasteiger partial charge in [0.1, 0.15) is 5.01 Å². The molecule has 116 valence electrons. The number of hydrogen-bond acceptors (Lipinski definition) is 4. The lowest BCUT2D eigenvalue weighted by molar-refractivity contribution is -0.121. The van der Waals surface area contributed by atoms with Gasteiger partial charge in [-0.05, 0) is 25.7 Å². The second-order valence-corrected chi connectivity index (χ2v) is 6.79. The highest BCUT2D eigenvalue weighted by Gasteiger charge is 2.31. The molecule has 1 unspecified atom stereocenters. The summed E-state index contributed by atoms with van der Waals surface area (Å²) < 4.78 is 0. The third-order valence-electron chi connectivity index (χ3n) is 3.98. The Hall–Kier alpha value is -1.72. The van der Waals surface area contributed by atoms with Crippen LogP contribution in [-0.2, 0) is 11.2 Å². The van der Waals surface area contributed by atoms with Crippen LogP contribution in [0.4, 0.5) is 0 Å². The molecule has 1 amide bonds. The van der Waals surface area contributed by atoms with Crippen molar-refractivity contribution in [1.29, 1.82) is 0 Å². The molecular formula is C17H21N3OS. The average molecular weight is 315 g/mol. The smallest absolute Gasteiger partial charge is 0.226 e. The molecule has 5 heteroatoms. The zero-order valence-electron chi connectivity index (χ0n) is 12.7. The maximum atomic E-state index is 12.1. The molecule has 0 saturated heterocycles. The van der Waals surface area contributed by atoms with E-state index in [1.807, 2.05) is 5.38 Å². The maximum absolute atomic E-state index is 12.1. The molecule has 0 bridgehead atoms. The van der Waals surface area contributed by atoms with Crippen molar-refractivity contribution in [2.45, 2.75) is 32.2 Å². The van der Waals surface area contributed by atoms with Crippen molar-refractivity contribution >= 4 is 17.2 Å². The number of benzene rings is 1. The molecule has 2 aromatic rings. The predicted molar refractivity (Wildman–Crippen MR) is 89.7 cm³/mol. The van der Waals surface area contributed by atoms with Gasteiger partial charge in [-0.3, -0.25) is 4.79 Å². The lowest BCUT2D eigenvalue weighted by atomic mass is 10.1. The van der Waals surface area contributed by atoms with Crippen LogP contribution in [0.1, 0.15) is 24.1 Å². The quantitative estimate of drug-likeness (QED) is 0.860. The first-order valence-corrected chi connectivity index (χ1v) is 8.54. The van der Waals surface area contributed by atoms with Crippen LogP contribution in [0.2, 0.25) is 0 Å². The van der Waals surface area contributed by atoms with Gasteiger partial charge in [-0.25, -0.2) is 4.98 Å². The Balaban J connectivity index is 1.61. The lowest BCUT2D eigenvalue weighted by Gasteiger charge is -2.15. The number of nitrogens with zero attached hydrogens (tertiary/aromatic N) is 1. The molecule has 1 fully saturated rings. The van der Waals surface area contributed by atoms with Crippen LogP contribution >= 0.6 is 11.3 Å². The summed E-state index contributed by atoms with van der Waals surface area (Å²) in [5.41, 5.74) is 8.87. The summed E-state index contributed by atoms with van der Waals surface area (Å²) in [5, 5.41) is 5.95. The summed E-state index contributed by atoms with van der Waals surface area (Å²) >= 11 is 1.58. The molecule has 1 atom stereocenters. The Bertz CT molecular complexity index is 646. The molecule has 1 aromatic carbocycles. The van der Waals surface area contributed by atoms with Gasteiger partial charge in [-0.15, -0.1) is 11.3 Å². The number of carbonyl (C=O) groups is 1. The predicted octanol–water partition coefficient (Wildman–Crippen LogP) is 2.51. The Kier molecular flexibility index (Phi) is 4.55. The Morgan fingerprint density at radius 2 is 2.14 bits per heavy atom. The molecule has 0 aliphatic heterocycles. The zero-order valence-corrected chi connectivity index (χ0v) is 13.5. The molecule has 3 rings (SSSR count). The Morgan fingerprint density at radius 3 is 2.77 bits per heavy atom. The van der Waals surface area contributed by atoms with E-state index in [1.165, 1.54) is 18.4 Å². The second-order valence-electron chi connectivity index (χ2n) is 5.93. The van der Waals surface area contributed by atoms with Crippen LogP contribution in [-0.4, -0.2) is 23.5 Å². The highest BCUT2D eigenvalue weighted by molar-refractivity contribution is 7.13. The topological polar surface area (TPSA) is 68.0 Å². The first-order valence-electron chi connectivity index (χ1n) is 7.66. The minimum absolute atomic E-state index is 0.0168. The van der Waals surface area contributed by atoms with Crippen LogP contribution in [0.25, 0.3) is 10.6 Å². The third kappa shape index (κ3) is 3.72. The maximum Gasteiger partial charge on any atom is 0.226 e. The van der Waals surface area contributed by atoms with Gasteiger partial charge in [0, 0.05) is 23.5 Å². The first-order chi connectivity index (χ1) is 10.7. The van der Waals surface area contributed by atoms with Crippen molar-refractivity contribution in [2.75, 3.05) is 6.54 Å². The van der Waals surface area contributed by atoms with Crippen molar-refractivity contribution in [3.05, 3.63) is 40.9 Å². The van der Waals surface area contributed by atoms with Gasteiger partial charge in [0.05, 0.1) is 12.1 Å². The Morgan fingerprint density at radius 1 is 1.41 bits per heavy atom. The number of carbonyl (C=O) groups excluding carboxylic acids is 1. The van der Waals surface area contributed by atoms with Gasteiger partial charge in [-0.1, -0.05) is 29.8 Å². The molecule has 22 heavy (non-hydrogen) atoms. The van der Waals surface area contributed by atoms with Crippen molar-refractivity contribution in [3.63, 3.8) is 0 Å². The highest BCUT2D eigenvalue weighted by Crippen LogP contribution is 2.32. The van der Waals surface area contributed by atoms with E-state index < -0.39 is 0 Å². The molecule has 0 spiro atoms. The van der Waals surface area contributed by atoms with Crippen molar-refractivity contribution in [2.24, 2.45) is 11.7 Å². The fraction of sp³-hybridized carbons (Fsp3) is 0.412. The Labute approximate surface area is 134 Å².